The van der Waals surface area contributed by atoms with E-state index in [2.05, 4.69) is 25.7 Å². The van der Waals surface area contributed by atoms with Crippen LogP contribution in [0.1, 0.15) is 11.5 Å². The summed E-state index contributed by atoms with van der Waals surface area (Å²) in [6.07, 6.45) is 0. The lowest BCUT2D eigenvalue weighted by atomic mass is 10.1. The Balaban J connectivity index is 1.39. The van der Waals surface area contributed by atoms with Gasteiger partial charge < -0.3 is 9.84 Å². The van der Waals surface area contributed by atoms with Gasteiger partial charge in [0.15, 0.2) is 4.34 Å². The topological polar surface area (TPSA) is 76.7 Å². The van der Waals surface area contributed by atoms with Gasteiger partial charge in [-0.25, -0.2) is 8.78 Å². The van der Waals surface area contributed by atoms with E-state index in [1.165, 1.54) is 35.2 Å². The summed E-state index contributed by atoms with van der Waals surface area (Å²) in [5.41, 5.74) is 1.44. The molecule has 0 radical (unpaired) electrons. The van der Waals surface area contributed by atoms with Gasteiger partial charge in [-0.3, -0.25) is 0 Å². The predicted molar refractivity (Wildman–Crippen MR) is 104 cm³/mol. The maximum Gasteiger partial charge on any atom is 0.237 e. The first-order valence-corrected chi connectivity index (χ1v) is 9.95. The molecule has 2 aromatic carbocycles. The average molecular weight is 417 g/mol. The maximum absolute atomic E-state index is 13.7. The van der Waals surface area contributed by atoms with Crippen molar-refractivity contribution >= 4 is 33.9 Å². The molecule has 0 amide bonds. The van der Waals surface area contributed by atoms with E-state index >= 15 is 0 Å². The number of halogens is 2. The third-order valence-corrected chi connectivity index (χ3v) is 5.70. The van der Waals surface area contributed by atoms with Crippen LogP contribution in [0.25, 0.3) is 11.4 Å². The summed E-state index contributed by atoms with van der Waals surface area (Å²) in [6, 6.07) is 11.1. The van der Waals surface area contributed by atoms with E-state index in [1.807, 2.05) is 0 Å². The van der Waals surface area contributed by atoms with Crippen molar-refractivity contribution in [3.05, 3.63) is 65.6 Å². The molecule has 2 heterocycles. The van der Waals surface area contributed by atoms with Gasteiger partial charge in [-0.15, -0.1) is 10.2 Å². The van der Waals surface area contributed by atoms with Crippen molar-refractivity contribution < 1.29 is 13.3 Å². The Morgan fingerprint density at radius 1 is 1.11 bits per heavy atom. The molecule has 0 aliphatic carbocycles. The molecule has 142 valence electrons. The zero-order valence-electron chi connectivity index (χ0n) is 14.5. The van der Waals surface area contributed by atoms with Gasteiger partial charge in [-0.1, -0.05) is 52.5 Å². The van der Waals surface area contributed by atoms with Crippen molar-refractivity contribution in [2.45, 2.75) is 17.0 Å². The number of thioether (sulfide) groups is 1. The highest BCUT2D eigenvalue weighted by atomic mass is 32.2. The highest BCUT2D eigenvalue weighted by molar-refractivity contribution is 8.00. The lowest BCUT2D eigenvalue weighted by molar-refractivity contribution is 0.391. The van der Waals surface area contributed by atoms with Gasteiger partial charge in [-0.05, 0) is 30.7 Å². The normalized spacial score (nSPS) is 11.0. The Hall–Kier alpha value is -2.85. The molecule has 0 saturated heterocycles. The molecule has 6 nitrogen and oxygen atoms in total. The van der Waals surface area contributed by atoms with Crippen LogP contribution in [-0.2, 0) is 5.75 Å². The van der Waals surface area contributed by atoms with Crippen LogP contribution < -0.4 is 5.32 Å². The van der Waals surface area contributed by atoms with Gasteiger partial charge in [0.1, 0.15) is 11.6 Å². The summed E-state index contributed by atoms with van der Waals surface area (Å²) in [5.74, 6) is 0.420. The second-order valence-corrected chi connectivity index (χ2v) is 7.94. The Morgan fingerprint density at radius 2 is 1.96 bits per heavy atom. The first-order chi connectivity index (χ1) is 13.6. The monoisotopic (exact) mass is 417 g/mol. The number of aryl methyl sites for hydroxylation is 1. The molecule has 0 fully saturated rings. The fourth-order valence-electron chi connectivity index (χ4n) is 2.28. The van der Waals surface area contributed by atoms with Crippen LogP contribution in [0.5, 0.6) is 0 Å². The van der Waals surface area contributed by atoms with E-state index in [4.69, 9.17) is 4.52 Å². The second kappa shape index (κ2) is 8.03. The van der Waals surface area contributed by atoms with E-state index in [1.54, 1.807) is 37.3 Å². The first-order valence-electron chi connectivity index (χ1n) is 8.15. The number of hydrogen-bond acceptors (Lipinski definition) is 8. The maximum atomic E-state index is 13.7. The standard InChI is InChI=1S/C18H13F2N5OS2/c1-10-6-7-11(8-13(10)20)16-22-15(26-25-16)9-27-18-24-23-17(28-18)21-14-5-3-2-4-12(14)19/h2-8H,9H2,1H3,(H,21,23). The van der Waals surface area contributed by atoms with Crippen molar-refractivity contribution in [2.24, 2.45) is 0 Å². The van der Waals surface area contributed by atoms with Gasteiger partial charge >= 0.3 is 0 Å². The fraction of sp³-hybridized carbons (Fsp3) is 0.111. The smallest absolute Gasteiger partial charge is 0.237 e. The average Bonchev–Trinajstić information content (AvgIpc) is 3.34. The summed E-state index contributed by atoms with van der Waals surface area (Å²) in [5, 5.41) is 15.3. The summed E-state index contributed by atoms with van der Waals surface area (Å²) in [4.78, 5) is 4.28. The third-order valence-electron chi connectivity index (χ3n) is 3.74. The molecule has 4 aromatic rings. The first kappa shape index (κ1) is 18.5. The number of rotatable bonds is 6. The van der Waals surface area contributed by atoms with Crippen LogP contribution >= 0.6 is 23.1 Å². The molecule has 10 heteroatoms. The van der Waals surface area contributed by atoms with Crippen LogP contribution in [0.4, 0.5) is 19.6 Å². The zero-order valence-corrected chi connectivity index (χ0v) is 16.2. The number of nitrogens with zero attached hydrogens (tertiary/aromatic N) is 4. The minimum atomic E-state index is -0.363. The molecule has 0 aliphatic rings. The molecule has 4 rings (SSSR count). The molecule has 0 unspecified atom stereocenters. The highest BCUT2D eigenvalue weighted by Gasteiger charge is 2.13. The zero-order chi connectivity index (χ0) is 19.5. The van der Waals surface area contributed by atoms with Crippen LogP contribution in [0.2, 0.25) is 0 Å². The van der Waals surface area contributed by atoms with Gasteiger partial charge in [0, 0.05) is 5.56 Å². The summed E-state index contributed by atoms with van der Waals surface area (Å²) < 4.78 is 33.3. The molecular formula is C18H13F2N5OS2. The van der Waals surface area contributed by atoms with Crippen LogP contribution in [0.15, 0.2) is 51.3 Å². The van der Waals surface area contributed by atoms with Gasteiger partial charge in [0.25, 0.3) is 0 Å². The third kappa shape index (κ3) is 4.18. The number of para-hydroxylation sites is 1. The molecule has 0 atom stereocenters. The Bertz CT molecular complexity index is 1110. The highest BCUT2D eigenvalue weighted by Crippen LogP contribution is 2.30. The van der Waals surface area contributed by atoms with Crippen molar-refractivity contribution in [2.75, 3.05) is 5.32 Å². The SMILES string of the molecule is Cc1ccc(-c2noc(CSc3nnc(Nc4ccccc4F)s3)n2)cc1F. The van der Waals surface area contributed by atoms with Crippen molar-refractivity contribution in [3.8, 4) is 11.4 Å². The van der Waals surface area contributed by atoms with Crippen LogP contribution in [-0.4, -0.2) is 20.3 Å². The van der Waals surface area contributed by atoms with Crippen molar-refractivity contribution in [1.29, 1.82) is 0 Å². The summed E-state index contributed by atoms with van der Waals surface area (Å²) in [6.45, 7) is 1.69. The molecule has 2 aromatic heterocycles. The van der Waals surface area contributed by atoms with Gasteiger partial charge in [0.05, 0.1) is 11.4 Å². The molecule has 0 spiro atoms. The Morgan fingerprint density at radius 3 is 2.79 bits per heavy atom. The van der Waals surface area contributed by atoms with Gasteiger partial charge in [0.2, 0.25) is 16.8 Å². The summed E-state index contributed by atoms with van der Waals surface area (Å²) >= 11 is 2.65. The van der Waals surface area contributed by atoms with E-state index < -0.39 is 0 Å². The van der Waals surface area contributed by atoms with E-state index in [0.29, 0.717) is 43.8 Å². The minimum absolute atomic E-state index is 0.318. The number of anilines is 2. The van der Waals surface area contributed by atoms with E-state index in [0.717, 1.165) is 0 Å². The lowest BCUT2D eigenvalue weighted by Gasteiger charge is -2.01. The Labute approximate surface area is 167 Å². The predicted octanol–water partition coefficient (Wildman–Crippen LogP) is 5.21. The number of aromatic nitrogens is 4. The molecule has 0 saturated carbocycles. The van der Waals surface area contributed by atoms with Crippen LogP contribution in [0, 0.1) is 18.6 Å². The number of hydrogen-bond donors (Lipinski definition) is 1. The molecule has 0 aliphatic heterocycles. The molecule has 1 N–H and O–H groups in total. The lowest BCUT2D eigenvalue weighted by Crippen LogP contribution is -1.92. The van der Waals surface area contributed by atoms with Crippen molar-refractivity contribution in [3.63, 3.8) is 0 Å². The Kier molecular flexibility index (Phi) is 5.31. The minimum Gasteiger partial charge on any atom is -0.338 e. The number of nitrogens with one attached hydrogen (secondary N) is 1. The summed E-state index contributed by atoms with van der Waals surface area (Å²) in [7, 11) is 0. The number of benzene rings is 2. The quantitative estimate of drug-likeness (QED) is 0.432. The molecule has 28 heavy (non-hydrogen) atoms. The molecular weight excluding hydrogens is 404 g/mol. The van der Waals surface area contributed by atoms with Crippen LogP contribution in [0.3, 0.4) is 0 Å². The van der Waals surface area contributed by atoms with E-state index in [9.17, 15) is 8.78 Å². The van der Waals surface area contributed by atoms with Gasteiger partial charge in [-0.2, -0.15) is 4.98 Å². The molecule has 0 bridgehead atoms. The largest absolute Gasteiger partial charge is 0.338 e. The van der Waals surface area contributed by atoms with E-state index in [-0.39, 0.29) is 11.6 Å². The second-order valence-electron chi connectivity index (χ2n) is 5.74. The van der Waals surface area contributed by atoms with Crippen molar-refractivity contribution in [1.82, 2.24) is 20.3 Å². The fourth-order valence-corrected chi connectivity index (χ4v) is 3.88.